The minimum absolute atomic E-state index is 0.220. The van der Waals surface area contributed by atoms with E-state index in [9.17, 15) is 8.78 Å². The Labute approximate surface area is 123 Å². The van der Waals surface area contributed by atoms with Crippen LogP contribution < -0.4 is 10.1 Å². The molecule has 0 fully saturated rings. The van der Waals surface area contributed by atoms with Crippen LogP contribution in [0.4, 0.5) is 8.78 Å². The number of benzene rings is 2. The Morgan fingerprint density at radius 2 is 1.81 bits per heavy atom. The van der Waals surface area contributed by atoms with Crippen molar-refractivity contribution in [3.05, 3.63) is 65.2 Å². The lowest BCUT2D eigenvalue weighted by atomic mass is 9.98. The highest BCUT2D eigenvalue weighted by atomic mass is 19.2. The molecule has 4 heteroatoms. The summed E-state index contributed by atoms with van der Waals surface area (Å²) in [6, 6.07) is 11.8. The van der Waals surface area contributed by atoms with Gasteiger partial charge in [0.1, 0.15) is 5.75 Å². The van der Waals surface area contributed by atoms with Gasteiger partial charge >= 0.3 is 0 Å². The smallest absolute Gasteiger partial charge is 0.163 e. The highest BCUT2D eigenvalue weighted by Crippen LogP contribution is 2.23. The molecular formula is C17H19F2NO. The number of hydrogen-bond donors (Lipinski definition) is 1. The standard InChI is InChI=1S/C17H19F2NO/c1-20-16(14-4-3-5-15(18)17(14)19)11-8-12-6-9-13(21-2)10-7-12/h3-7,9-10,16,20H,8,11H2,1-2H3. The van der Waals surface area contributed by atoms with E-state index in [0.717, 1.165) is 23.8 Å². The monoisotopic (exact) mass is 291 g/mol. The Kier molecular flexibility index (Phi) is 5.28. The molecule has 0 aliphatic heterocycles. The van der Waals surface area contributed by atoms with Crippen molar-refractivity contribution in [2.24, 2.45) is 0 Å². The third-order valence-corrected chi connectivity index (χ3v) is 3.59. The number of hydrogen-bond acceptors (Lipinski definition) is 2. The Balaban J connectivity index is 2.06. The highest BCUT2D eigenvalue weighted by molar-refractivity contribution is 5.28. The molecular weight excluding hydrogens is 272 g/mol. The third kappa shape index (κ3) is 3.79. The van der Waals surface area contributed by atoms with Gasteiger partial charge in [-0.05, 0) is 43.7 Å². The molecule has 0 spiro atoms. The second-order valence-electron chi connectivity index (χ2n) is 4.87. The van der Waals surface area contributed by atoms with Crippen molar-refractivity contribution in [3.8, 4) is 5.75 Å². The van der Waals surface area contributed by atoms with Gasteiger partial charge in [-0.1, -0.05) is 24.3 Å². The van der Waals surface area contributed by atoms with Gasteiger partial charge in [-0.25, -0.2) is 8.78 Å². The second-order valence-corrected chi connectivity index (χ2v) is 4.87. The van der Waals surface area contributed by atoms with Gasteiger partial charge in [0.15, 0.2) is 11.6 Å². The van der Waals surface area contributed by atoms with E-state index in [4.69, 9.17) is 4.74 Å². The number of methoxy groups -OCH3 is 1. The SMILES string of the molecule is CNC(CCc1ccc(OC)cc1)c1cccc(F)c1F. The van der Waals surface area contributed by atoms with E-state index < -0.39 is 11.6 Å². The van der Waals surface area contributed by atoms with E-state index >= 15 is 0 Å². The van der Waals surface area contributed by atoms with E-state index in [1.54, 1.807) is 20.2 Å². The van der Waals surface area contributed by atoms with E-state index in [2.05, 4.69) is 5.32 Å². The van der Waals surface area contributed by atoms with Gasteiger partial charge in [-0.15, -0.1) is 0 Å². The molecule has 2 rings (SSSR count). The first kappa shape index (κ1) is 15.4. The quantitative estimate of drug-likeness (QED) is 0.872. The topological polar surface area (TPSA) is 21.3 Å². The van der Waals surface area contributed by atoms with Crippen molar-refractivity contribution in [1.29, 1.82) is 0 Å². The molecule has 0 bridgehead atoms. The molecule has 2 aromatic carbocycles. The zero-order valence-electron chi connectivity index (χ0n) is 12.2. The Morgan fingerprint density at radius 1 is 1.10 bits per heavy atom. The molecule has 0 saturated heterocycles. The maximum Gasteiger partial charge on any atom is 0.163 e. The zero-order chi connectivity index (χ0) is 15.2. The molecule has 21 heavy (non-hydrogen) atoms. The van der Waals surface area contributed by atoms with Crippen molar-refractivity contribution in [2.45, 2.75) is 18.9 Å². The van der Waals surface area contributed by atoms with Crippen molar-refractivity contribution < 1.29 is 13.5 Å². The molecule has 1 atom stereocenters. The van der Waals surface area contributed by atoms with Gasteiger partial charge in [0.25, 0.3) is 0 Å². The molecule has 1 N–H and O–H groups in total. The van der Waals surface area contributed by atoms with Crippen molar-refractivity contribution in [3.63, 3.8) is 0 Å². The van der Waals surface area contributed by atoms with Crippen LogP contribution in [0.5, 0.6) is 5.75 Å². The molecule has 0 aliphatic rings. The van der Waals surface area contributed by atoms with Gasteiger partial charge < -0.3 is 10.1 Å². The number of ether oxygens (including phenoxy) is 1. The van der Waals surface area contributed by atoms with E-state index in [-0.39, 0.29) is 6.04 Å². The minimum atomic E-state index is -0.808. The van der Waals surface area contributed by atoms with Crippen LogP contribution in [0, 0.1) is 11.6 Å². The predicted octanol–water partition coefficient (Wildman–Crippen LogP) is 3.87. The maximum atomic E-state index is 13.8. The molecule has 0 amide bonds. The third-order valence-electron chi connectivity index (χ3n) is 3.59. The van der Waals surface area contributed by atoms with E-state index in [1.165, 1.54) is 6.07 Å². The van der Waals surface area contributed by atoms with Crippen molar-refractivity contribution in [2.75, 3.05) is 14.2 Å². The highest BCUT2D eigenvalue weighted by Gasteiger charge is 2.16. The van der Waals surface area contributed by atoms with Gasteiger partial charge in [-0.3, -0.25) is 0 Å². The Morgan fingerprint density at radius 3 is 2.43 bits per heavy atom. The normalized spacial score (nSPS) is 12.2. The minimum Gasteiger partial charge on any atom is -0.497 e. The fourth-order valence-electron chi connectivity index (χ4n) is 2.35. The predicted molar refractivity (Wildman–Crippen MR) is 79.5 cm³/mol. The Hall–Kier alpha value is -1.94. The first-order valence-corrected chi connectivity index (χ1v) is 6.89. The summed E-state index contributed by atoms with van der Waals surface area (Å²) in [5.74, 6) is -0.774. The lowest BCUT2D eigenvalue weighted by Gasteiger charge is -2.17. The first-order chi connectivity index (χ1) is 10.2. The summed E-state index contributed by atoms with van der Waals surface area (Å²) in [4.78, 5) is 0. The first-order valence-electron chi connectivity index (χ1n) is 6.89. The van der Waals surface area contributed by atoms with Crippen LogP contribution in [-0.2, 0) is 6.42 Å². The summed E-state index contributed by atoms with van der Waals surface area (Å²) in [7, 11) is 3.38. The van der Waals surface area contributed by atoms with Gasteiger partial charge in [0.2, 0.25) is 0 Å². The average molecular weight is 291 g/mol. The van der Waals surface area contributed by atoms with E-state index in [1.807, 2.05) is 24.3 Å². The van der Waals surface area contributed by atoms with Crippen LogP contribution in [0.2, 0.25) is 0 Å². The summed E-state index contributed by atoms with van der Waals surface area (Å²) in [5, 5.41) is 3.05. The van der Waals surface area contributed by atoms with E-state index in [0.29, 0.717) is 12.0 Å². The zero-order valence-corrected chi connectivity index (χ0v) is 12.2. The largest absolute Gasteiger partial charge is 0.497 e. The molecule has 112 valence electrons. The molecule has 0 radical (unpaired) electrons. The van der Waals surface area contributed by atoms with Crippen LogP contribution in [0.25, 0.3) is 0 Å². The van der Waals surface area contributed by atoms with Crippen LogP contribution >= 0.6 is 0 Å². The lowest BCUT2D eigenvalue weighted by molar-refractivity contribution is 0.414. The summed E-state index contributed by atoms with van der Waals surface area (Å²) in [6.07, 6.45) is 1.45. The lowest BCUT2D eigenvalue weighted by Crippen LogP contribution is -2.19. The fraction of sp³-hybridized carbons (Fsp3) is 0.294. The number of nitrogens with one attached hydrogen (secondary N) is 1. The van der Waals surface area contributed by atoms with Crippen molar-refractivity contribution >= 4 is 0 Å². The van der Waals surface area contributed by atoms with Gasteiger partial charge in [-0.2, -0.15) is 0 Å². The summed E-state index contributed by atoms with van der Waals surface area (Å²) in [6.45, 7) is 0. The summed E-state index contributed by atoms with van der Waals surface area (Å²) < 4.78 is 32.2. The Bertz CT molecular complexity index is 584. The van der Waals surface area contributed by atoms with Gasteiger partial charge in [0.05, 0.1) is 7.11 Å². The number of aryl methyl sites for hydroxylation is 1. The van der Waals surface area contributed by atoms with Crippen LogP contribution in [0.3, 0.4) is 0 Å². The van der Waals surface area contributed by atoms with Crippen LogP contribution in [0.1, 0.15) is 23.6 Å². The molecule has 0 aromatic heterocycles. The van der Waals surface area contributed by atoms with Crippen LogP contribution in [-0.4, -0.2) is 14.2 Å². The molecule has 2 aromatic rings. The molecule has 1 unspecified atom stereocenters. The number of rotatable bonds is 6. The van der Waals surface area contributed by atoms with Gasteiger partial charge in [0, 0.05) is 11.6 Å². The van der Waals surface area contributed by atoms with Crippen LogP contribution in [0.15, 0.2) is 42.5 Å². The maximum absolute atomic E-state index is 13.8. The molecule has 0 saturated carbocycles. The molecule has 0 aliphatic carbocycles. The second kappa shape index (κ2) is 7.18. The average Bonchev–Trinajstić information content (AvgIpc) is 2.52. The number of halogens is 2. The molecule has 0 heterocycles. The van der Waals surface area contributed by atoms with Crippen molar-refractivity contribution in [1.82, 2.24) is 5.32 Å². The molecule has 2 nitrogen and oxygen atoms in total. The fourth-order valence-corrected chi connectivity index (χ4v) is 2.35. The summed E-state index contributed by atoms with van der Waals surface area (Å²) >= 11 is 0. The summed E-state index contributed by atoms with van der Waals surface area (Å²) in [5.41, 5.74) is 1.50.